The van der Waals surface area contributed by atoms with Crippen LogP contribution in [0.25, 0.3) is 60.5 Å². The molecule has 48 heavy (non-hydrogen) atoms. The van der Waals surface area contributed by atoms with Crippen LogP contribution in [-0.2, 0) is 0 Å². The van der Waals surface area contributed by atoms with E-state index in [1.165, 1.54) is 54.8 Å². The Morgan fingerprint density at radius 2 is 0.812 bits per heavy atom. The fourth-order valence-corrected chi connectivity index (χ4v) is 7.01. The molecule has 1 heterocycles. The van der Waals surface area contributed by atoms with Crippen LogP contribution in [0.2, 0.25) is 0 Å². The van der Waals surface area contributed by atoms with Crippen molar-refractivity contribution in [2.24, 2.45) is 0 Å². The third kappa shape index (κ3) is 4.92. The number of nitrogens with zero attached hydrogens (tertiary/aromatic N) is 2. The van der Waals surface area contributed by atoms with Crippen molar-refractivity contribution in [3.63, 3.8) is 0 Å². The van der Waals surface area contributed by atoms with E-state index >= 15 is 0 Å². The van der Waals surface area contributed by atoms with Crippen molar-refractivity contribution in [3.8, 4) is 27.9 Å². The van der Waals surface area contributed by atoms with Crippen LogP contribution in [0.1, 0.15) is 0 Å². The molecule has 0 aliphatic heterocycles. The number of hydrogen-bond acceptors (Lipinski definition) is 1. The molecule has 226 valence electrons. The maximum Gasteiger partial charge on any atom is 0.0542 e. The van der Waals surface area contributed by atoms with E-state index in [9.17, 15) is 0 Å². The Kier molecular flexibility index (Phi) is 6.84. The van der Waals surface area contributed by atoms with E-state index in [4.69, 9.17) is 0 Å². The van der Waals surface area contributed by atoms with Crippen LogP contribution in [0.5, 0.6) is 0 Å². The summed E-state index contributed by atoms with van der Waals surface area (Å²) < 4.78 is 2.40. The Bertz CT molecular complexity index is 2450. The number of fused-ring (bicyclic) bond motifs is 4. The highest BCUT2D eigenvalue weighted by Crippen LogP contribution is 2.41. The molecule has 0 fully saturated rings. The maximum absolute atomic E-state index is 2.40. The average molecular weight is 613 g/mol. The lowest BCUT2D eigenvalue weighted by Crippen LogP contribution is -2.10. The zero-order valence-corrected chi connectivity index (χ0v) is 26.4. The fraction of sp³-hybridized carbons (Fsp3) is 0. The molecule has 0 bridgehead atoms. The highest BCUT2D eigenvalue weighted by Gasteiger charge is 2.18. The molecule has 2 heteroatoms. The first-order chi connectivity index (χ1) is 23.8. The van der Waals surface area contributed by atoms with Gasteiger partial charge in [-0.05, 0) is 93.7 Å². The second kappa shape index (κ2) is 11.8. The second-order valence-electron chi connectivity index (χ2n) is 12.2. The zero-order chi connectivity index (χ0) is 31.9. The summed E-state index contributed by atoms with van der Waals surface area (Å²) in [6.45, 7) is 0. The van der Waals surface area contributed by atoms with E-state index in [-0.39, 0.29) is 0 Å². The molecule has 0 amide bonds. The van der Waals surface area contributed by atoms with Gasteiger partial charge in [-0.1, -0.05) is 133 Å². The van der Waals surface area contributed by atoms with Crippen LogP contribution in [-0.4, -0.2) is 4.57 Å². The van der Waals surface area contributed by atoms with Crippen molar-refractivity contribution in [3.05, 3.63) is 194 Å². The van der Waals surface area contributed by atoms with Gasteiger partial charge in [0.2, 0.25) is 0 Å². The molecule has 0 N–H and O–H groups in total. The van der Waals surface area contributed by atoms with Gasteiger partial charge in [0.15, 0.2) is 0 Å². The van der Waals surface area contributed by atoms with E-state index in [1.54, 1.807) is 0 Å². The molecule has 0 atom stereocenters. The molecule has 2 nitrogen and oxygen atoms in total. The van der Waals surface area contributed by atoms with E-state index in [0.717, 1.165) is 22.7 Å². The lowest BCUT2D eigenvalue weighted by atomic mass is 10.0. The Morgan fingerprint density at radius 3 is 1.46 bits per heavy atom. The summed E-state index contributed by atoms with van der Waals surface area (Å²) in [5.74, 6) is 0. The van der Waals surface area contributed by atoms with Gasteiger partial charge in [0, 0.05) is 33.5 Å². The van der Waals surface area contributed by atoms with Crippen molar-refractivity contribution in [1.29, 1.82) is 0 Å². The standard InChI is InChI=1S/C46H32N2/c1-3-11-33(12-4-1)36-19-24-39(25-20-36)47(40-26-21-37(22-27-40)34-13-5-2-6-14-34)42-29-30-46-44(32-42)43-17-9-10-18-45(43)48(46)41-28-23-35-15-7-8-16-38(35)31-41/h1-32H. The van der Waals surface area contributed by atoms with Gasteiger partial charge in [0.1, 0.15) is 0 Å². The van der Waals surface area contributed by atoms with Crippen LogP contribution >= 0.6 is 0 Å². The van der Waals surface area contributed by atoms with E-state index in [1.807, 2.05) is 0 Å². The van der Waals surface area contributed by atoms with Gasteiger partial charge in [-0.2, -0.15) is 0 Å². The molecular weight excluding hydrogens is 581 g/mol. The van der Waals surface area contributed by atoms with Crippen molar-refractivity contribution in [1.82, 2.24) is 4.57 Å². The van der Waals surface area contributed by atoms with Gasteiger partial charge in [-0.25, -0.2) is 0 Å². The van der Waals surface area contributed by atoms with Gasteiger partial charge >= 0.3 is 0 Å². The average Bonchev–Trinajstić information content (AvgIpc) is 3.50. The Hall–Kier alpha value is -6.38. The number of para-hydroxylation sites is 1. The lowest BCUT2D eigenvalue weighted by Gasteiger charge is -2.26. The van der Waals surface area contributed by atoms with Gasteiger partial charge in [-0.15, -0.1) is 0 Å². The van der Waals surface area contributed by atoms with Crippen molar-refractivity contribution < 1.29 is 0 Å². The molecule has 0 radical (unpaired) electrons. The van der Waals surface area contributed by atoms with Gasteiger partial charge < -0.3 is 9.47 Å². The van der Waals surface area contributed by atoms with Gasteiger partial charge in [0.25, 0.3) is 0 Å². The summed E-state index contributed by atoms with van der Waals surface area (Å²) in [6.07, 6.45) is 0. The third-order valence-corrected chi connectivity index (χ3v) is 9.37. The predicted octanol–water partition coefficient (Wildman–Crippen LogP) is 12.7. The smallest absolute Gasteiger partial charge is 0.0542 e. The molecule has 0 unspecified atom stereocenters. The van der Waals surface area contributed by atoms with Crippen LogP contribution in [0.4, 0.5) is 17.1 Å². The summed E-state index contributed by atoms with van der Waals surface area (Å²) in [4.78, 5) is 2.37. The molecule has 0 aliphatic carbocycles. The molecule has 1 aromatic heterocycles. The monoisotopic (exact) mass is 612 g/mol. The van der Waals surface area contributed by atoms with Crippen molar-refractivity contribution in [2.75, 3.05) is 4.90 Å². The van der Waals surface area contributed by atoms with Gasteiger partial charge in [-0.3, -0.25) is 0 Å². The summed E-state index contributed by atoms with van der Waals surface area (Å²) in [6, 6.07) is 69.9. The summed E-state index contributed by atoms with van der Waals surface area (Å²) in [5, 5.41) is 4.95. The molecule has 9 aromatic rings. The number of benzene rings is 8. The fourth-order valence-electron chi connectivity index (χ4n) is 7.01. The van der Waals surface area contributed by atoms with Crippen molar-refractivity contribution in [2.45, 2.75) is 0 Å². The Morgan fingerprint density at radius 1 is 0.312 bits per heavy atom. The summed E-state index contributed by atoms with van der Waals surface area (Å²) >= 11 is 0. The van der Waals surface area contributed by atoms with Crippen LogP contribution in [0.15, 0.2) is 194 Å². The highest BCUT2D eigenvalue weighted by atomic mass is 15.1. The first-order valence-electron chi connectivity index (χ1n) is 16.4. The number of rotatable bonds is 6. The first kappa shape index (κ1) is 27.9. The molecule has 0 saturated carbocycles. The van der Waals surface area contributed by atoms with Gasteiger partial charge in [0.05, 0.1) is 11.0 Å². The number of aromatic nitrogens is 1. The Labute approximate surface area is 280 Å². The SMILES string of the molecule is c1ccc(-c2ccc(N(c3ccc(-c4ccccc4)cc3)c3ccc4c(c3)c3ccccc3n4-c3ccc4ccccc4c3)cc2)cc1. The van der Waals surface area contributed by atoms with E-state index < -0.39 is 0 Å². The summed E-state index contributed by atoms with van der Waals surface area (Å²) in [7, 11) is 0. The highest BCUT2D eigenvalue weighted by molar-refractivity contribution is 6.11. The maximum atomic E-state index is 2.40. The molecule has 9 rings (SSSR count). The largest absolute Gasteiger partial charge is 0.310 e. The molecule has 8 aromatic carbocycles. The minimum Gasteiger partial charge on any atom is -0.310 e. The number of hydrogen-bond donors (Lipinski definition) is 0. The quantitative estimate of drug-likeness (QED) is 0.181. The minimum absolute atomic E-state index is 1.11. The number of anilines is 3. The normalized spacial score (nSPS) is 11.3. The minimum atomic E-state index is 1.11. The lowest BCUT2D eigenvalue weighted by molar-refractivity contribution is 1.18. The zero-order valence-electron chi connectivity index (χ0n) is 26.4. The molecule has 0 spiro atoms. The molecular formula is C46H32N2. The van der Waals surface area contributed by atoms with E-state index in [0.29, 0.717) is 0 Å². The molecule has 0 saturated heterocycles. The van der Waals surface area contributed by atoms with Crippen LogP contribution in [0, 0.1) is 0 Å². The predicted molar refractivity (Wildman–Crippen MR) is 204 cm³/mol. The first-order valence-corrected chi connectivity index (χ1v) is 16.4. The van der Waals surface area contributed by atoms with Crippen LogP contribution < -0.4 is 4.90 Å². The third-order valence-electron chi connectivity index (χ3n) is 9.37. The van der Waals surface area contributed by atoms with Crippen molar-refractivity contribution >= 4 is 49.6 Å². The topological polar surface area (TPSA) is 8.17 Å². The Balaban J connectivity index is 1.20. The van der Waals surface area contributed by atoms with E-state index in [2.05, 4.69) is 204 Å². The van der Waals surface area contributed by atoms with Crippen LogP contribution in [0.3, 0.4) is 0 Å². The molecule has 0 aliphatic rings. The summed E-state index contributed by atoms with van der Waals surface area (Å²) in [5.41, 5.74) is 11.7. The second-order valence-corrected chi connectivity index (χ2v) is 12.2.